The van der Waals surface area contributed by atoms with E-state index in [0.29, 0.717) is 24.3 Å². The third kappa shape index (κ3) is 9.56. The van der Waals surface area contributed by atoms with Gasteiger partial charge in [-0.1, -0.05) is 34.1 Å². The van der Waals surface area contributed by atoms with Gasteiger partial charge in [-0.25, -0.2) is 4.79 Å². The van der Waals surface area contributed by atoms with E-state index < -0.39 is 0 Å². The molecule has 0 aliphatic heterocycles. The van der Waals surface area contributed by atoms with Crippen LogP contribution in [-0.4, -0.2) is 30.1 Å². The number of carbonyl (C=O) groups excluding carboxylic acids is 3. The van der Waals surface area contributed by atoms with Crippen LogP contribution in [0.25, 0.3) is 0 Å². The largest absolute Gasteiger partial charge is 0.462 e. The van der Waals surface area contributed by atoms with Crippen molar-refractivity contribution in [3.63, 3.8) is 0 Å². The lowest BCUT2D eigenvalue weighted by atomic mass is 9.92. The van der Waals surface area contributed by atoms with E-state index in [1.807, 2.05) is 52.0 Å². The SMILES string of the molecule is CCCCOC(=O)c1ccc(NC(=O)CSc2ccc(NC(=O)CC(C)(C)C)cc2)cc1. The standard InChI is InChI=1S/C25H32N2O4S/c1-5-6-15-31-24(30)18-7-9-19(10-8-18)27-23(29)17-32-21-13-11-20(12-14-21)26-22(28)16-25(2,3)4/h7-14H,5-6,15-17H2,1-4H3,(H,26,28)(H,27,29). The first-order valence-electron chi connectivity index (χ1n) is 10.8. The van der Waals surface area contributed by atoms with Gasteiger partial charge < -0.3 is 15.4 Å². The molecule has 0 atom stereocenters. The van der Waals surface area contributed by atoms with Crippen molar-refractivity contribution in [2.45, 2.75) is 51.9 Å². The minimum absolute atomic E-state index is 0.0162. The van der Waals surface area contributed by atoms with Crippen molar-refractivity contribution < 1.29 is 19.1 Å². The van der Waals surface area contributed by atoms with Crippen LogP contribution in [-0.2, 0) is 14.3 Å². The van der Waals surface area contributed by atoms with Crippen LogP contribution in [0.2, 0.25) is 0 Å². The normalized spacial score (nSPS) is 11.0. The zero-order valence-electron chi connectivity index (χ0n) is 19.2. The highest BCUT2D eigenvalue weighted by Crippen LogP contribution is 2.23. The minimum atomic E-state index is -0.357. The first-order chi connectivity index (χ1) is 15.2. The molecular weight excluding hydrogens is 424 g/mol. The van der Waals surface area contributed by atoms with Crippen LogP contribution in [0.3, 0.4) is 0 Å². The Hall–Kier alpha value is -2.80. The van der Waals surface area contributed by atoms with Crippen molar-refractivity contribution in [1.82, 2.24) is 0 Å². The maximum atomic E-state index is 12.2. The average Bonchev–Trinajstić information content (AvgIpc) is 2.72. The maximum absolute atomic E-state index is 12.2. The minimum Gasteiger partial charge on any atom is -0.462 e. The lowest BCUT2D eigenvalue weighted by Crippen LogP contribution is -2.19. The molecule has 0 fully saturated rings. The van der Waals surface area contributed by atoms with Gasteiger partial charge in [0.15, 0.2) is 0 Å². The fraction of sp³-hybridized carbons (Fsp3) is 0.400. The third-order valence-corrected chi connectivity index (χ3v) is 5.35. The molecule has 6 nitrogen and oxygen atoms in total. The van der Waals surface area contributed by atoms with Crippen molar-refractivity contribution >= 4 is 40.9 Å². The lowest BCUT2D eigenvalue weighted by Gasteiger charge is -2.17. The molecule has 0 spiro atoms. The Balaban J connectivity index is 1.78. The van der Waals surface area contributed by atoms with Crippen LogP contribution < -0.4 is 10.6 Å². The number of thioether (sulfide) groups is 1. The number of benzene rings is 2. The van der Waals surface area contributed by atoms with Gasteiger partial charge in [-0.15, -0.1) is 11.8 Å². The van der Waals surface area contributed by atoms with Crippen LogP contribution in [0.15, 0.2) is 53.4 Å². The van der Waals surface area contributed by atoms with E-state index in [-0.39, 0.29) is 29.0 Å². The molecule has 0 saturated heterocycles. The van der Waals surface area contributed by atoms with E-state index in [1.54, 1.807) is 24.3 Å². The van der Waals surface area contributed by atoms with Gasteiger partial charge >= 0.3 is 5.97 Å². The number of esters is 1. The summed E-state index contributed by atoms with van der Waals surface area (Å²) in [6.45, 7) is 8.51. The molecule has 2 aromatic carbocycles. The molecule has 7 heteroatoms. The number of carbonyl (C=O) groups is 3. The molecule has 0 bridgehead atoms. The van der Waals surface area contributed by atoms with Gasteiger partial charge in [-0.2, -0.15) is 0 Å². The quantitative estimate of drug-likeness (QED) is 0.270. The summed E-state index contributed by atoms with van der Waals surface area (Å²) in [5, 5.41) is 5.71. The molecule has 2 N–H and O–H groups in total. The van der Waals surface area contributed by atoms with E-state index >= 15 is 0 Å². The molecule has 0 radical (unpaired) electrons. The predicted octanol–water partition coefficient (Wildman–Crippen LogP) is 5.75. The summed E-state index contributed by atoms with van der Waals surface area (Å²) in [5.41, 5.74) is 1.76. The summed E-state index contributed by atoms with van der Waals surface area (Å²) in [6.07, 6.45) is 2.26. The van der Waals surface area contributed by atoms with Crippen molar-refractivity contribution in [1.29, 1.82) is 0 Å². The molecule has 0 aliphatic rings. The van der Waals surface area contributed by atoms with Crippen LogP contribution in [0.4, 0.5) is 11.4 Å². The second-order valence-electron chi connectivity index (χ2n) is 8.71. The van der Waals surface area contributed by atoms with Crippen molar-refractivity contribution in [3.05, 3.63) is 54.1 Å². The molecule has 0 aliphatic carbocycles. The summed E-state index contributed by atoms with van der Waals surface area (Å²) in [4.78, 5) is 37.1. The molecule has 2 rings (SSSR count). The van der Waals surface area contributed by atoms with Crippen molar-refractivity contribution in [2.24, 2.45) is 5.41 Å². The number of anilines is 2. The number of amides is 2. The second kappa shape index (κ2) is 12.3. The Morgan fingerprint density at radius 3 is 2.00 bits per heavy atom. The van der Waals surface area contributed by atoms with Crippen LogP contribution >= 0.6 is 11.8 Å². The molecular formula is C25H32N2O4S. The van der Waals surface area contributed by atoms with Crippen molar-refractivity contribution in [3.8, 4) is 0 Å². The first-order valence-corrected chi connectivity index (χ1v) is 11.7. The molecule has 0 heterocycles. The Morgan fingerprint density at radius 1 is 0.875 bits per heavy atom. The number of unbranched alkanes of at least 4 members (excludes halogenated alkanes) is 1. The Labute approximate surface area is 194 Å². The zero-order chi connectivity index (χ0) is 23.6. The van der Waals surface area contributed by atoms with Crippen LogP contribution in [0, 0.1) is 5.41 Å². The maximum Gasteiger partial charge on any atom is 0.338 e. The summed E-state index contributed by atoms with van der Waals surface area (Å²) in [6, 6.07) is 14.1. The van der Waals surface area contributed by atoms with E-state index in [0.717, 1.165) is 23.4 Å². The number of hydrogen-bond acceptors (Lipinski definition) is 5. The van der Waals surface area contributed by atoms with Gasteiger partial charge in [-0.05, 0) is 60.4 Å². The summed E-state index contributed by atoms with van der Waals surface area (Å²) in [7, 11) is 0. The van der Waals surface area contributed by atoms with Crippen LogP contribution in [0.1, 0.15) is 57.3 Å². The Kier molecular flexibility index (Phi) is 9.78. The van der Waals surface area contributed by atoms with Gasteiger partial charge in [0.2, 0.25) is 11.8 Å². The third-order valence-electron chi connectivity index (χ3n) is 4.33. The van der Waals surface area contributed by atoms with E-state index in [2.05, 4.69) is 10.6 Å². The zero-order valence-corrected chi connectivity index (χ0v) is 20.0. The number of hydrogen-bond donors (Lipinski definition) is 2. The fourth-order valence-corrected chi connectivity index (χ4v) is 3.45. The highest BCUT2D eigenvalue weighted by atomic mass is 32.2. The molecule has 0 aromatic heterocycles. The van der Waals surface area contributed by atoms with E-state index in [1.165, 1.54) is 11.8 Å². The highest BCUT2D eigenvalue weighted by Gasteiger charge is 2.16. The monoisotopic (exact) mass is 456 g/mol. The predicted molar refractivity (Wildman–Crippen MR) is 130 cm³/mol. The van der Waals surface area contributed by atoms with E-state index in [9.17, 15) is 14.4 Å². The summed E-state index contributed by atoms with van der Waals surface area (Å²) < 4.78 is 5.17. The lowest BCUT2D eigenvalue weighted by molar-refractivity contribution is -0.118. The molecule has 2 amide bonds. The molecule has 0 unspecified atom stereocenters. The molecule has 2 aromatic rings. The number of nitrogens with one attached hydrogen (secondary N) is 2. The molecule has 172 valence electrons. The van der Waals surface area contributed by atoms with Gasteiger partial charge in [0.1, 0.15) is 0 Å². The number of rotatable bonds is 10. The highest BCUT2D eigenvalue weighted by molar-refractivity contribution is 8.00. The van der Waals surface area contributed by atoms with Gasteiger partial charge in [0.05, 0.1) is 17.9 Å². The Morgan fingerprint density at radius 2 is 1.44 bits per heavy atom. The van der Waals surface area contributed by atoms with Crippen molar-refractivity contribution in [2.75, 3.05) is 23.0 Å². The second-order valence-corrected chi connectivity index (χ2v) is 9.76. The first kappa shape index (κ1) is 25.5. The van der Waals surface area contributed by atoms with Gasteiger partial charge in [0.25, 0.3) is 0 Å². The van der Waals surface area contributed by atoms with Crippen LogP contribution in [0.5, 0.6) is 0 Å². The smallest absolute Gasteiger partial charge is 0.338 e. The topological polar surface area (TPSA) is 84.5 Å². The van der Waals surface area contributed by atoms with Gasteiger partial charge in [-0.3, -0.25) is 9.59 Å². The number of ether oxygens (including phenoxy) is 1. The van der Waals surface area contributed by atoms with Gasteiger partial charge in [0, 0.05) is 22.7 Å². The summed E-state index contributed by atoms with van der Waals surface area (Å²) in [5.74, 6) is -0.269. The van der Waals surface area contributed by atoms with E-state index in [4.69, 9.17) is 4.74 Å². The fourth-order valence-electron chi connectivity index (χ4n) is 2.75. The Bertz CT molecular complexity index is 903. The summed E-state index contributed by atoms with van der Waals surface area (Å²) >= 11 is 1.41. The molecule has 32 heavy (non-hydrogen) atoms. The average molecular weight is 457 g/mol. The molecule has 0 saturated carbocycles.